The van der Waals surface area contributed by atoms with Gasteiger partial charge < -0.3 is 19.8 Å². The number of pyridine rings is 3. The summed E-state index contributed by atoms with van der Waals surface area (Å²) in [6.45, 7) is 2.49. The molecule has 0 bridgehead atoms. The second kappa shape index (κ2) is 10.5. The Morgan fingerprint density at radius 2 is 2.12 bits per heavy atom. The summed E-state index contributed by atoms with van der Waals surface area (Å²) in [6.07, 6.45) is 7.81. The van der Waals surface area contributed by atoms with Gasteiger partial charge in [-0.2, -0.15) is 0 Å². The number of aromatic nitrogens is 3. The van der Waals surface area contributed by atoms with Gasteiger partial charge in [0.2, 0.25) is 0 Å². The molecule has 0 aliphatic carbocycles. The smallest absolute Gasteiger partial charge is 0.260 e. The Hall–Kier alpha value is -4.05. The monoisotopic (exact) mass is 449 g/mol. The average molecular weight is 450 g/mol. The molecule has 0 amide bonds. The van der Waals surface area contributed by atoms with E-state index in [1.54, 1.807) is 70.2 Å². The standard InChI is InChI=1S/C23H27N7O3/c1-15(22(26)30-14-16(4-5-21(30)25)17(11-24)12-27-2)29-7-6-20-19(23(29)31)10-18(13-28-20)33-9-8-32-3/h4-7,10-15,25-26H,8-9,24H2,1-3H3. The molecule has 0 aliphatic rings. The van der Waals surface area contributed by atoms with Gasteiger partial charge in [0.25, 0.3) is 5.56 Å². The predicted octanol–water partition coefficient (Wildman–Crippen LogP) is 1.79. The molecule has 1 unspecified atom stereocenters. The Labute approximate surface area is 190 Å². The predicted molar refractivity (Wildman–Crippen MR) is 128 cm³/mol. The van der Waals surface area contributed by atoms with Crippen LogP contribution in [-0.2, 0) is 4.74 Å². The van der Waals surface area contributed by atoms with E-state index < -0.39 is 6.04 Å². The van der Waals surface area contributed by atoms with E-state index in [0.29, 0.717) is 41.0 Å². The van der Waals surface area contributed by atoms with E-state index >= 15 is 0 Å². The minimum atomic E-state index is -0.658. The molecule has 3 aromatic heterocycles. The van der Waals surface area contributed by atoms with Crippen LogP contribution in [0.5, 0.6) is 5.75 Å². The van der Waals surface area contributed by atoms with Crippen LogP contribution in [0.15, 0.2) is 58.8 Å². The van der Waals surface area contributed by atoms with Crippen molar-refractivity contribution in [3.63, 3.8) is 0 Å². The fraction of sp³-hybridized carbons (Fsp3) is 0.261. The van der Waals surface area contributed by atoms with Crippen molar-refractivity contribution in [1.82, 2.24) is 14.1 Å². The number of hydrogen-bond acceptors (Lipinski definition) is 8. The van der Waals surface area contributed by atoms with Crippen molar-refractivity contribution in [2.75, 3.05) is 27.4 Å². The molecule has 1 atom stereocenters. The topological polar surface area (TPSA) is 144 Å². The number of aliphatic imine (C=N–C) groups is 1. The van der Waals surface area contributed by atoms with E-state index in [4.69, 9.17) is 26.0 Å². The number of nitrogens with two attached hydrogens (primary N) is 1. The van der Waals surface area contributed by atoms with Gasteiger partial charge in [0, 0.05) is 50.1 Å². The Morgan fingerprint density at radius 1 is 1.33 bits per heavy atom. The highest BCUT2D eigenvalue weighted by Crippen LogP contribution is 2.17. The van der Waals surface area contributed by atoms with E-state index in [1.807, 2.05) is 0 Å². The molecule has 0 aliphatic heterocycles. The molecule has 10 nitrogen and oxygen atoms in total. The van der Waals surface area contributed by atoms with Gasteiger partial charge in [-0.1, -0.05) is 0 Å². The number of rotatable bonds is 8. The molecule has 0 saturated heterocycles. The van der Waals surface area contributed by atoms with Crippen molar-refractivity contribution in [3.05, 3.63) is 70.5 Å². The SMILES string of the molecule is CN=CC(=CN)c1ccc(=N)n(C(=N)C(C)n2ccc3ncc(OCCOC)cc3c2=O)c1. The van der Waals surface area contributed by atoms with Crippen molar-refractivity contribution >= 4 is 28.5 Å². The van der Waals surface area contributed by atoms with Crippen LogP contribution in [0.2, 0.25) is 0 Å². The summed E-state index contributed by atoms with van der Waals surface area (Å²) >= 11 is 0. The first-order chi connectivity index (χ1) is 15.9. The van der Waals surface area contributed by atoms with E-state index in [0.717, 1.165) is 0 Å². The van der Waals surface area contributed by atoms with Crippen LogP contribution in [0.4, 0.5) is 0 Å². The summed E-state index contributed by atoms with van der Waals surface area (Å²) in [4.78, 5) is 21.5. The first-order valence-electron chi connectivity index (χ1n) is 10.2. The molecule has 0 radical (unpaired) electrons. The van der Waals surface area contributed by atoms with Crippen LogP contribution in [-0.4, -0.2) is 53.5 Å². The second-order valence-electron chi connectivity index (χ2n) is 7.22. The highest BCUT2D eigenvalue weighted by atomic mass is 16.5. The van der Waals surface area contributed by atoms with Crippen molar-refractivity contribution in [2.45, 2.75) is 13.0 Å². The lowest BCUT2D eigenvalue weighted by Gasteiger charge is -2.19. The summed E-state index contributed by atoms with van der Waals surface area (Å²) in [6, 6.07) is 6.00. The lowest BCUT2D eigenvalue weighted by molar-refractivity contribution is 0.146. The second-order valence-corrected chi connectivity index (χ2v) is 7.22. The normalized spacial score (nSPS) is 12.9. The lowest BCUT2D eigenvalue weighted by atomic mass is 10.1. The zero-order chi connectivity index (χ0) is 24.0. The summed E-state index contributed by atoms with van der Waals surface area (Å²) in [5.74, 6) is 0.514. The Kier molecular flexibility index (Phi) is 7.52. The highest BCUT2D eigenvalue weighted by Gasteiger charge is 2.17. The van der Waals surface area contributed by atoms with Gasteiger partial charge in [0.15, 0.2) is 0 Å². The molecule has 3 aromatic rings. The van der Waals surface area contributed by atoms with Crippen molar-refractivity contribution < 1.29 is 9.47 Å². The van der Waals surface area contributed by atoms with E-state index in [2.05, 4.69) is 9.98 Å². The molecule has 0 spiro atoms. The van der Waals surface area contributed by atoms with Crippen LogP contribution in [0.25, 0.3) is 16.5 Å². The van der Waals surface area contributed by atoms with Gasteiger partial charge in [-0.3, -0.25) is 30.2 Å². The zero-order valence-electron chi connectivity index (χ0n) is 18.8. The number of nitrogens with one attached hydrogen (secondary N) is 2. The van der Waals surface area contributed by atoms with Crippen LogP contribution in [0.3, 0.4) is 0 Å². The number of methoxy groups -OCH3 is 1. The van der Waals surface area contributed by atoms with Crippen LogP contribution < -0.4 is 21.5 Å². The lowest BCUT2D eigenvalue weighted by Crippen LogP contribution is -2.35. The maximum atomic E-state index is 13.2. The van der Waals surface area contributed by atoms with E-state index in [9.17, 15) is 4.79 Å². The van der Waals surface area contributed by atoms with Crippen LogP contribution in [0.1, 0.15) is 18.5 Å². The Morgan fingerprint density at radius 3 is 2.82 bits per heavy atom. The highest BCUT2D eigenvalue weighted by molar-refractivity contribution is 6.09. The maximum absolute atomic E-state index is 13.2. The first kappa shape index (κ1) is 23.6. The largest absolute Gasteiger partial charge is 0.490 e. The molecule has 4 N–H and O–H groups in total. The molecule has 0 aromatic carbocycles. The third-order valence-corrected chi connectivity index (χ3v) is 5.11. The van der Waals surface area contributed by atoms with Gasteiger partial charge in [0.05, 0.1) is 29.7 Å². The third kappa shape index (κ3) is 5.07. The minimum Gasteiger partial charge on any atom is -0.490 e. The summed E-state index contributed by atoms with van der Waals surface area (Å²) < 4.78 is 13.4. The summed E-state index contributed by atoms with van der Waals surface area (Å²) in [5.41, 5.74) is 7.37. The van der Waals surface area contributed by atoms with Gasteiger partial charge in [-0.05, 0) is 31.2 Å². The number of nitrogens with zero attached hydrogens (tertiary/aromatic N) is 4. The van der Waals surface area contributed by atoms with Crippen molar-refractivity contribution in [2.24, 2.45) is 10.7 Å². The minimum absolute atomic E-state index is 0.0496. The van der Waals surface area contributed by atoms with Gasteiger partial charge in [0.1, 0.15) is 23.7 Å². The Bertz CT molecular complexity index is 1340. The van der Waals surface area contributed by atoms with Gasteiger partial charge in [-0.15, -0.1) is 0 Å². The first-order valence-corrected chi connectivity index (χ1v) is 10.2. The van der Waals surface area contributed by atoms with Gasteiger partial charge >= 0.3 is 0 Å². The van der Waals surface area contributed by atoms with Crippen molar-refractivity contribution in [3.8, 4) is 5.75 Å². The fourth-order valence-electron chi connectivity index (χ4n) is 3.30. The molecule has 3 heterocycles. The number of fused-ring (bicyclic) bond motifs is 1. The summed E-state index contributed by atoms with van der Waals surface area (Å²) in [5, 5.41) is 17.4. The molecule has 10 heteroatoms. The molecule has 0 fully saturated rings. The molecular formula is C23H27N7O3. The van der Waals surface area contributed by atoms with Crippen LogP contribution in [0, 0.1) is 10.8 Å². The van der Waals surface area contributed by atoms with E-state index in [1.165, 1.54) is 15.3 Å². The molecule has 172 valence electrons. The molecule has 33 heavy (non-hydrogen) atoms. The third-order valence-electron chi connectivity index (χ3n) is 5.11. The number of hydrogen-bond donors (Lipinski definition) is 3. The Balaban J connectivity index is 1.99. The quantitative estimate of drug-likeness (QED) is 0.273. The van der Waals surface area contributed by atoms with Crippen LogP contribution >= 0.6 is 0 Å². The number of ether oxygens (including phenoxy) is 2. The zero-order valence-corrected chi connectivity index (χ0v) is 18.8. The van der Waals surface area contributed by atoms with Crippen molar-refractivity contribution in [1.29, 1.82) is 10.8 Å². The number of allylic oxidation sites excluding steroid dienone is 1. The molecule has 3 rings (SSSR count). The fourth-order valence-corrected chi connectivity index (χ4v) is 3.30. The maximum Gasteiger partial charge on any atom is 0.260 e. The molecule has 0 saturated carbocycles. The van der Waals surface area contributed by atoms with E-state index in [-0.39, 0.29) is 16.9 Å². The van der Waals surface area contributed by atoms with Gasteiger partial charge in [-0.25, -0.2) is 0 Å². The summed E-state index contributed by atoms with van der Waals surface area (Å²) in [7, 11) is 3.22. The average Bonchev–Trinajstić information content (AvgIpc) is 2.83. The molecular weight excluding hydrogens is 422 g/mol.